The summed E-state index contributed by atoms with van der Waals surface area (Å²) >= 11 is 0. The molecule has 2 rings (SSSR count). The zero-order valence-electron chi connectivity index (χ0n) is 13.0. The number of esters is 1. The smallest absolute Gasteiger partial charge is 0.326 e. The van der Waals surface area contributed by atoms with Gasteiger partial charge in [-0.05, 0) is 25.5 Å². The van der Waals surface area contributed by atoms with Gasteiger partial charge < -0.3 is 10.1 Å². The van der Waals surface area contributed by atoms with Crippen molar-refractivity contribution in [1.82, 2.24) is 10.2 Å². The third-order valence-electron chi connectivity index (χ3n) is 3.55. The van der Waals surface area contributed by atoms with E-state index in [1.807, 2.05) is 13.8 Å². The van der Waals surface area contributed by atoms with Crippen LogP contribution in [0.2, 0.25) is 0 Å². The Bertz CT molecular complexity index is 621. The Kier molecular flexibility index (Phi) is 5.10. The molecule has 1 aliphatic rings. The monoisotopic (exact) mass is 318 g/mol. The first-order valence-electron chi connectivity index (χ1n) is 7.34. The second-order valence-corrected chi connectivity index (χ2v) is 5.28. The molecule has 0 bridgehead atoms. The predicted molar refractivity (Wildman–Crippen MR) is 80.7 cm³/mol. The van der Waals surface area contributed by atoms with Crippen molar-refractivity contribution in [3.63, 3.8) is 0 Å². The lowest BCUT2D eigenvalue weighted by atomic mass is 10.1. The third kappa shape index (κ3) is 3.74. The lowest BCUT2D eigenvalue weighted by molar-refractivity contribution is -0.148. The van der Waals surface area contributed by atoms with Crippen LogP contribution < -0.4 is 5.32 Å². The van der Waals surface area contributed by atoms with Crippen LogP contribution in [-0.2, 0) is 14.3 Å². The molecule has 0 saturated carbocycles. The summed E-state index contributed by atoms with van der Waals surface area (Å²) in [4.78, 5) is 48.3. The first kappa shape index (κ1) is 16.7. The molecule has 0 saturated heterocycles. The maximum atomic E-state index is 12.1. The number of carbonyl (C=O) groups is 4. The number of amides is 3. The minimum absolute atomic E-state index is 0.0163. The van der Waals surface area contributed by atoms with Crippen molar-refractivity contribution in [2.24, 2.45) is 0 Å². The minimum atomic E-state index is -0.807. The number of rotatable bonds is 6. The van der Waals surface area contributed by atoms with Crippen LogP contribution >= 0.6 is 0 Å². The highest BCUT2D eigenvalue weighted by Crippen LogP contribution is 2.21. The highest BCUT2D eigenvalue weighted by Gasteiger charge is 2.36. The molecule has 0 spiro atoms. The lowest BCUT2D eigenvalue weighted by Crippen LogP contribution is -2.38. The molecule has 1 aliphatic heterocycles. The number of imide groups is 1. The number of hydrogen-bond donors (Lipinski definition) is 1. The van der Waals surface area contributed by atoms with Gasteiger partial charge in [0.1, 0.15) is 6.54 Å². The van der Waals surface area contributed by atoms with Crippen LogP contribution in [0.1, 0.15) is 41.0 Å². The van der Waals surface area contributed by atoms with Crippen LogP contribution in [0.15, 0.2) is 24.3 Å². The molecule has 0 fully saturated rings. The number of ether oxygens (including phenoxy) is 1. The topological polar surface area (TPSA) is 92.8 Å². The largest absolute Gasteiger partial charge is 0.454 e. The average Bonchev–Trinajstić information content (AvgIpc) is 2.78. The predicted octanol–water partition coefficient (Wildman–Crippen LogP) is 0.740. The Morgan fingerprint density at radius 2 is 1.74 bits per heavy atom. The van der Waals surface area contributed by atoms with Gasteiger partial charge in [-0.1, -0.05) is 19.1 Å². The molecule has 7 heteroatoms. The third-order valence-corrected chi connectivity index (χ3v) is 3.55. The number of nitrogens with zero attached hydrogens (tertiary/aromatic N) is 1. The molecule has 0 aromatic heterocycles. The first-order chi connectivity index (χ1) is 10.9. The SMILES string of the molecule is CC[C@@H](C)NC(=O)COC(=O)CN1C(=O)c2ccccc2C1=O. The van der Waals surface area contributed by atoms with E-state index in [0.29, 0.717) is 0 Å². The van der Waals surface area contributed by atoms with Crippen molar-refractivity contribution in [2.75, 3.05) is 13.2 Å². The van der Waals surface area contributed by atoms with Crippen LogP contribution in [-0.4, -0.2) is 47.8 Å². The average molecular weight is 318 g/mol. The Hall–Kier alpha value is -2.70. The fourth-order valence-electron chi connectivity index (χ4n) is 2.12. The van der Waals surface area contributed by atoms with Gasteiger partial charge in [-0.25, -0.2) is 0 Å². The van der Waals surface area contributed by atoms with Gasteiger partial charge in [-0.2, -0.15) is 0 Å². The van der Waals surface area contributed by atoms with Crippen molar-refractivity contribution < 1.29 is 23.9 Å². The summed E-state index contributed by atoms with van der Waals surface area (Å²) in [7, 11) is 0. The summed E-state index contributed by atoms with van der Waals surface area (Å²) in [6.45, 7) is 2.80. The van der Waals surface area contributed by atoms with E-state index in [1.54, 1.807) is 12.1 Å². The number of benzene rings is 1. The molecule has 1 heterocycles. The second-order valence-electron chi connectivity index (χ2n) is 5.28. The van der Waals surface area contributed by atoms with Gasteiger partial charge in [0.05, 0.1) is 11.1 Å². The lowest BCUT2D eigenvalue weighted by Gasteiger charge is -2.14. The number of carbonyl (C=O) groups excluding carboxylic acids is 4. The van der Waals surface area contributed by atoms with Crippen molar-refractivity contribution in [1.29, 1.82) is 0 Å². The zero-order valence-corrected chi connectivity index (χ0v) is 13.0. The van der Waals surface area contributed by atoms with Crippen LogP contribution in [0.3, 0.4) is 0 Å². The van der Waals surface area contributed by atoms with Crippen LogP contribution in [0.4, 0.5) is 0 Å². The van der Waals surface area contributed by atoms with Crippen molar-refractivity contribution in [3.05, 3.63) is 35.4 Å². The summed E-state index contributed by atoms with van der Waals surface area (Å²) in [5, 5.41) is 2.65. The van der Waals surface area contributed by atoms with Gasteiger partial charge in [-0.3, -0.25) is 24.1 Å². The van der Waals surface area contributed by atoms with E-state index in [0.717, 1.165) is 11.3 Å². The van der Waals surface area contributed by atoms with Gasteiger partial charge in [0.25, 0.3) is 17.7 Å². The fraction of sp³-hybridized carbons (Fsp3) is 0.375. The highest BCUT2D eigenvalue weighted by atomic mass is 16.5. The van der Waals surface area contributed by atoms with Crippen molar-refractivity contribution >= 4 is 23.7 Å². The van der Waals surface area contributed by atoms with Gasteiger partial charge in [0.15, 0.2) is 6.61 Å². The van der Waals surface area contributed by atoms with E-state index in [2.05, 4.69) is 5.32 Å². The van der Waals surface area contributed by atoms with E-state index >= 15 is 0 Å². The Morgan fingerprint density at radius 1 is 1.17 bits per heavy atom. The molecule has 1 aromatic rings. The second kappa shape index (κ2) is 7.04. The Balaban J connectivity index is 1.88. The maximum absolute atomic E-state index is 12.1. The summed E-state index contributed by atoms with van der Waals surface area (Å²) in [6.07, 6.45) is 0.759. The molecule has 0 radical (unpaired) electrons. The van der Waals surface area contributed by atoms with Crippen LogP contribution in [0.5, 0.6) is 0 Å². The normalized spacial score (nSPS) is 14.4. The van der Waals surface area contributed by atoms with Crippen molar-refractivity contribution in [2.45, 2.75) is 26.3 Å². The fourth-order valence-corrected chi connectivity index (χ4v) is 2.12. The summed E-state index contributed by atoms with van der Waals surface area (Å²) in [6, 6.07) is 6.33. The zero-order chi connectivity index (χ0) is 17.0. The first-order valence-corrected chi connectivity index (χ1v) is 7.34. The van der Waals surface area contributed by atoms with E-state index in [4.69, 9.17) is 4.74 Å². The molecule has 7 nitrogen and oxygen atoms in total. The molecule has 1 aromatic carbocycles. The van der Waals surface area contributed by atoms with Gasteiger partial charge in [-0.15, -0.1) is 0 Å². The highest BCUT2D eigenvalue weighted by molar-refractivity contribution is 6.22. The molecule has 1 atom stereocenters. The molecule has 122 valence electrons. The van der Waals surface area contributed by atoms with Crippen molar-refractivity contribution in [3.8, 4) is 0 Å². The number of nitrogens with one attached hydrogen (secondary N) is 1. The van der Waals surface area contributed by atoms with Crippen LogP contribution in [0, 0.1) is 0 Å². The molecule has 1 N–H and O–H groups in total. The number of hydrogen-bond acceptors (Lipinski definition) is 5. The Labute approximate surface area is 133 Å². The van der Waals surface area contributed by atoms with Gasteiger partial charge >= 0.3 is 5.97 Å². The summed E-state index contributed by atoms with van der Waals surface area (Å²) < 4.78 is 4.81. The molecular formula is C16H18N2O5. The van der Waals surface area contributed by atoms with E-state index in [9.17, 15) is 19.2 Å². The Morgan fingerprint density at radius 3 is 2.26 bits per heavy atom. The van der Waals surface area contributed by atoms with Gasteiger partial charge in [0.2, 0.25) is 0 Å². The molecule has 3 amide bonds. The minimum Gasteiger partial charge on any atom is -0.454 e. The quantitative estimate of drug-likeness (QED) is 0.617. The molecule has 0 aliphatic carbocycles. The molecule has 23 heavy (non-hydrogen) atoms. The summed E-state index contributed by atoms with van der Waals surface area (Å²) in [5.41, 5.74) is 0.527. The summed E-state index contributed by atoms with van der Waals surface area (Å²) in [5.74, 6) is -2.30. The van der Waals surface area contributed by atoms with E-state index in [1.165, 1.54) is 12.1 Å². The van der Waals surface area contributed by atoms with E-state index in [-0.39, 0.29) is 17.2 Å². The number of fused-ring (bicyclic) bond motifs is 1. The van der Waals surface area contributed by atoms with E-state index < -0.39 is 36.8 Å². The maximum Gasteiger partial charge on any atom is 0.326 e. The molecule has 0 unspecified atom stereocenters. The van der Waals surface area contributed by atoms with Crippen LogP contribution in [0.25, 0.3) is 0 Å². The molecular weight excluding hydrogens is 300 g/mol. The standard InChI is InChI=1S/C16H18N2O5/c1-3-10(2)17-13(19)9-23-14(20)8-18-15(21)11-6-4-5-7-12(11)16(18)22/h4-7,10H,3,8-9H2,1-2H3,(H,17,19)/t10-/m1/s1. The van der Waals surface area contributed by atoms with Gasteiger partial charge in [0, 0.05) is 6.04 Å².